The van der Waals surface area contributed by atoms with E-state index in [1.54, 1.807) is 0 Å². The molecule has 1 radical (unpaired) electrons. The molecule has 0 fully saturated rings. The fourth-order valence-corrected chi connectivity index (χ4v) is 0.836. The summed E-state index contributed by atoms with van der Waals surface area (Å²) in [4.78, 5) is 0. The summed E-state index contributed by atoms with van der Waals surface area (Å²) in [5.74, 6) is 0.223. The van der Waals surface area contributed by atoms with Crippen LogP contribution in [0, 0.1) is 14.4 Å². The Hall–Kier alpha value is -0.417. The van der Waals surface area contributed by atoms with Crippen molar-refractivity contribution < 1.29 is 19.5 Å². The summed E-state index contributed by atoms with van der Waals surface area (Å²) in [6, 6.07) is 10.1. The largest absolute Gasteiger partial charge is 2.00 e. The monoisotopic (exact) mass is 249 g/mol. The van der Waals surface area contributed by atoms with E-state index in [2.05, 4.69) is 25.6 Å². The molecule has 0 aliphatic carbocycles. The summed E-state index contributed by atoms with van der Waals surface area (Å²) in [6.45, 7) is 7.58. The Morgan fingerprint density at radius 1 is 1.25 bits per heavy atom. The van der Waals surface area contributed by atoms with Crippen LogP contribution in [0.2, 0.25) is 0 Å². The number of hydrogen-bond donors (Lipinski definition) is 0. The predicted octanol–water partition coefficient (Wildman–Crippen LogP) is 3.24. The van der Waals surface area contributed by atoms with Crippen LogP contribution in [0.3, 0.4) is 0 Å². The Bertz CT molecular complexity index is 204. The molecule has 1 aromatic carbocycles. The smallest absolute Gasteiger partial charge is 0.358 e. The van der Waals surface area contributed by atoms with E-state index in [0.29, 0.717) is 0 Å². The molecule has 0 aliphatic rings. The van der Waals surface area contributed by atoms with Gasteiger partial charge in [0.15, 0.2) is 0 Å². The third-order valence-electron chi connectivity index (χ3n) is 1.51. The van der Waals surface area contributed by atoms with Crippen molar-refractivity contribution in [2.45, 2.75) is 5.92 Å². The Morgan fingerprint density at radius 2 is 1.75 bits per heavy atom. The molecule has 0 heterocycles. The number of hydrogen-bond acceptors (Lipinski definition) is 0. The first-order valence-electron chi connectivity index (χ1n) is 3.35. The average molecular weight is 249 g/mol. The van der Waals surface area contributed by atoms with E-state index in [1.807, 2.05) is 24.3 Å². The SMILES string of the molecule is C=CC([CH2-])c1ccccc1.[CH3-].[Rh+2]. The number of rotatable bonds is 2. The van der Waals surface area contributed by atoms with Gasteiger partial charge in [0.05, 0.1) is 0 Å². The molecule has 12 heavy (non-hydrogen) atoms. The first-order chi connectivity index (χ1) is 4.84. The van der Waals surface area contributed by atoms with E-state index >= 15 is 0 Å². The molecule has 0 aromatic heterocycles. The zero-order valence-corrected chi connectivity index (χ0v) is 8.93. The molecular weight excluding hydrogens is 235 g/mol. The minimum Gasteiger partial charge on any atom is -0.358 e. The van der Waals surface area contributed by atoms with Crippen LogP contribution in [0.4, 0.5) is 0 Å². The molecule has 1 aromatic rings. The quantitative estimate of drug-likeness (QED) is 0.429. The fourth-order valence-electron chi connectivity index (χ4n) is 0.836. The topological polar surface area (TPSA) is 0 Å². The van der Waals surface area contributed by atoms with Crippen molar-refractivity contribution in [2.24, 2.45) is 0 Å². The summed E-state index contributed by atoms with van der Waals surface area (Å²) >= 11 is 0. The standard InChI is InChI=1S/C10H11.CH3.Rh/c1-3-9(2)10-7-5-4-6-8-10;;/h3-9H,1-2H2;1H3;/q2*-1;+2. The van der Waals surface area contributed by atoms with Crippen LogP contribution in [0.1, 0.15) is 11.5 Å². The maximum absolute atomic E-state index is 3.91. The van der Waals surface area contributed by atoms with E-state index in [9.17, 15) is 0 Å². The van der Waals surface area contributed by atoms with Crippen LogP contribution >= 0.6 is 0 Å². The van der Waals surface area contributed by atoms with Gasteiger partial charge >= 0.3 is 19.5 Å². The number of benzene rings is 1. The molecule has 0 spiro atoms. The van der Waals surface area contributed by atoms with Crippen molar-refractivity contribution in [1.82, 2.24) is 0 Å². The first-order valence-corrected chi connectivity index (χ1v) is 3.35. The van der Waals surface area contributed by atoms with Crippen molar-refractivity contribution in [3.05, 3.63) is 62.9 Å². The van der Waals surface area contributed by atoms with Crippen LogP contribution in [-0.4, -0.2) is 0 Å². The van der Waals surface area contributed by atoms with Gasteiger partial charge < -0.3 is 14.4 Å². The van der Waals surface area contributed by atoms with Crippen molar-refractivity contribution in [1.29, 1.82) is 0 Å². The summed E-state index contributed by atoms with van der Waals surface area (Å²) < 4.78 is 0. The van der Waals surface area contributed by atoms with Crippen LogP contribution in [0.5, 0.6) is 0 Å². The third kappa shape index (κ3) is 3.83. The summed E-state index contributed by atoms with van der Waals surface area (Å²) in [6.07, 6.45) is 1.84. The molecule has 0 N–H and O–H groups in total. The molecule has 1 atom stereocenters. The van der Waals surface area contributed by atoms with Crippen LogP contribution in [0.25, 0.3) is 0 Å². The van der Waals surface area contributed by atoms with Gasteiger partial charge in [-0.2, -0.15) is 0 Å². The molecule has 1 heteroatoms. The first kappa shape index (κ1) is 14.1. The molecule has 0 saturated carbocycles. The van der Waals surface area contributed by atoms with Gasteiger partial charge in [0.2, 0.25) is 0 Å². The van der Waals surface area contributed by atoms with Gasteiger partial charge in [-0.05, 0) is 0 Å². The van der Waals surface area contributed by atoms with Crippen LogP contribution in [-0.2, 0) is 19.5 Å². The third-order valence-corrected chi connectivity index (χ3v) is 1.51. The van der Waals surface area contributed by atoms with Crippen molar-refractivity contribution in [3.8, 4) is 0 Å². The predicted molar refractivity (Wildman–Crippen MR) is 51.2 cm³/mol. The van der Waals surface area contributed by atoms with Gasteiger partial charge in [0.1, 0.15) is 0 Å². The van der Waals surface area contributed by atoms with Gasteiger partial charge in [0, 0.05) is 0 Å². The minimum absolute atomic E-state index is 0. The van der Waals surface area contributed by atoms with Crippen molar-refractivity contribution in [3.63, 3.8) is 0 Å². The Morgan fingerprint density at radius 3 is 2.17 bits per heavy atom. The van der Waals surface area contributed by atoms with Gasteiger partial charge in [-0.1, -0.05) is 35.9 Å². The Kier molecular flexibility index (Phi) is 8.53. The second-order valence-corrected chi connectivity index (χ2v) is 2.25. The summed E-state index contributed by atoms with van der Waals surface area (Å²) in [5.41, 5.74) is 1.22. The van der Waals surface area contributed by atoms with Crippen LogP contribution < -0.4 is 0 Å². The molecule has 0 aliphatic heterocycles. The van der Waals surface area contributed by atoms with E-state index in [1.165, 1.54) is 5.56 Å². The second kappa shape index (κ2) is 7.24. The summed E-state index contributed by atoms with van der Waals surface area (Å²) in [7, 11) is 0. The van der Waals surface area contributed by atoms with Crippen LogP contribution in [0.15, 0.2) is 43.0 Å². The Labute approximate surface area is 88.5 Å². The van der Waals surface area contributed by atoms with Gasteiger partial charge in [-0.15, -0.1) is 18.6 Å². The zero-order valence-electron chi connectivity index (χ0n) is 7.29. The normalized spacial score (nSPS) is 10.4. The van der Waals surface area contributed by atoms with Crippen molar-refractivity contribution in [2.75, 3.05) is 0 Å². The summed E-state index contributed by atoms with van der Waals surface area (Å²) in [5, 5.41) is 0. The molecule has 1 rings (SSSR count). The number of allylic oxidation sites excluding steroid dienone is 1. The maximum Gasteiger partial charge on any atom is 2.00 e. The van der Waals surface area contributed by atoms with E-state index in [4.69, 9.17) is 0 Å². The molecule has 67 valence electrons. The molecule has 0 bridgehead atoms. The molecule has 0 saturated heterocycles. The zero-order chi connectivity index (χ0) is 7.40. The van der Waals surface area contributed by atoms with Crippen molar-refractivity contribution >= 4 is 0 Å². The fraction of sp³-hybridized carbons (Fsp3) is 0.0909. The molecule has 1 unspecified atom stereocenters. The average Bonchev–Trinajstić information content (AvgIpc) is 2.05. The van der Waals surface area contributed by atoms with E-state index in [-0.39, 0.29) is 32.8 Å². The van der Waals surface area contributed by atoms with Gasteiger partial charge in [0.25, 0.3) is 0 Å². The molecular formula is C11H14Rh. The molecule has 0 nitrogen and oxygen atoms in total. The second-order valence-electron chi connectivity index (χ2n) is 2.25. The van der Waals surface area contributed by atoms with E-state index in [0.717, 1.165) is 0 Å². The molecule has 0 amide bonds. The van der Waals surface area contributed by atoms with Gasteiger partial charge in [-0.3, -0.25) is 0 Å². The minimum atomic E-state index is 0. The Balaban J connectivity index is 0. The van der Waals surface area contributed by atoms with Gasteiger partial charge in [-0.25, -0.2) is 0 Å². The van der Waals surface area contributed by atoms with E-state index < -0.39 is 0 Å². The maximum atomic E-state index is 3.91.